The van der Waals surface area contributed by atoms with E-state index in [1.165, 1.54) is 10.9 Å². The van der Waals surface area contributed by atoms with Crippen LogP contribution in [0.15, 0.2) is 30.5 Å². The van der Waals surface area contributed by atoms with E-state index >= 15 is 0 Å². The molecule has 0 atom stereocenters. The van der Waals surface area contributed by atoms with Crippen molar-refractivity contribution in [3.63, 3.8) is 0 Å². The average Bonchev–Trinajstić information content (AvgIpc) is 2.60. The Bertz CT molecular complexity index is 403. The first kappa shape index (κ1) is 8.17. The van der Waals surface area contributed by atoms with Crippen LogP contribution in [-0.4, -0.2) is 11.5 Å². The van der Waals surface area contributed by atoms with E-state index in [-0.39, 0.29) is 0 Å². The number of aromatic amines is 1. The van der Waals surface area contributed by atoms with Crippen molar-refractivity contribution in [2.24, 2.45) is 0 Å². The predicted octanol–water partition coefficient (Wildman–Crippen LogP) is 2.79. The van der Waals surface area contributed by atoms with Crippen LogP contribution >= 0.6 is 0 Å². The van der Waals surface area contributed by atoms with E-state index in [0.717, 1.165) is 12.2 Å². The van der Waals surface area contributed by atoms with E-state index in [4.69, 9.17) is 0 Å². The molecule has 0 amide bonds. The lowest BCUT2D eigenvalue weighted by Gasteiger charge is -2.14. The summed E-state index contributed by atoms with van der Waals surface area (Å²) < 4.78 is 0. The Balaban J connectivity index is 2.57. The maximum atomic E-state index is 3.96. The molecule has 2 rings (SSSR count). The van der Waals surface area contributed by atoms with Gasteiger partial charge in [-0.25, -0.2) is 0 Å². The van der Waals surface area contributed by atoms with Crippen LogP contribution in [0.3, 0.4) is 0 Å². The molecule has 13 heavy (non-hydrogen) atoms. The van der Waals surface area contributed by atoms with Gasteiger partial charge in [-0.05, 0) is 13.0 Å². The van der Waals surface area contributed by atoms with E-state index in [2.05, 4.69) is 31.1 Å². The summed E-state index contributed by atoms with van der Waals surface area (Å²) >= 11 is 0. The van der Waals surface area contributed by atoms with Crippen molar-refractivity contribution in [1.29, 1.82) is 0 Å². The predicted molar refractivity (Wildman–Crippen MR) is 56.7 cm³/mol. The van der Waals surface area contributed by atoms with Gasteiger partial charge in [0.1, 0.15) is 0 Å². The number of H-pyrrole nitrogens is 1. The van der Waals surface area contributed by atoms with Crippen LogP contribution in [0.2, 0.25) is 0 Å². The van der Waals surface area contributed by atoms with Crippen LogP contribution in [0.25, 0.3) is 10.9 Å². The number of nitrogens with zero attached hydrogens (tertiary/aromatic N) is 1. The second kappa shape index (κ2) is 3.13. The molecule has 0 saturated heterocycles. The summed E-state index contributed by atoms with van der Waals surface area (Å²) in [5.41, 5.74) is 2.33. The highest BCUT2D eigenvalue weighted by Gasteiger charge is 2.04. The van der Waals surface area contributed by atoms with Gasteiger partial charge in [-0.1, -0.05) is 18.2 Å². The molecule has 1 radical (unpaired) electrons. The quantitative estimate of drug-likeness (QED) is 0.739. The summed E-state index contributed by atoms with van der Waals surface area (Å²) in [6.07, 6.45) is 2.00. The van der Waals surface area contributed by atoms with Crippen LogP contribution in [-0.2, 0) is 0 Å². The normalized spacial score (nSPS) is 10.6. The number of fused-ring (bicyclic) bond motifs is 1. The third-order valence-corrected chi connectivity index (χ3v) is 2.29. The summed E-state index contributed by atoms with van der Waals surface area (Å²) in [6.45, 7) is 3.01. The molecular weight excluding hydrogens is 160 g/mol. The van der Waals surface area contributed by atoms with Crippen LogP contribution in [0.1, 0.15) is 6.92 Å². The number of hydrogen-bond acceptors (Lipinski definition) is 1. The van der Waals surface area contributed by atoms with Gasteiger partial charge in [0.2, 0.25) is 0 Å². The van der Waals surface area contributed by atoms with Gasteiger partial charge in [0.15, 0.2) is 0 Å². The molecule has 1 N–H and O–H groups in total. The molecule has 0 aliphatic heterocycles. The third kappa shape index (κ3) is 1.28. The van der Waals surface area contributed by atoms with Crippen molar-refractivity contribution in [3.8, 4) is 0 Å². The van der Waals surface area contributed by atoms with E-state index in [1.54, 1.807) is 0 Å². The minimum absolute atomic E-state index is 0.918. The minimum Gasteiger partial charge on any atom is -0.368 e. The molecule has 2 heteroatoms. The molecule has 1 heterocycles. The van der Waals surface area contributed by atoms with Crippen molar-refractivity contribution >= 4 is 16.6 Å². The zero-order valence-electron chi connectivity index (χ0n) is 7.75. The zero-order chi connectivity index (χ0) is 9.26. The van der Waals surface area contributed by atoms with Crippen molar-refractivity contribution in [1.82, 2.24) is 4.98 Å². The number of benzene rings is 1. The smallest absolute Gasteiger partial charge is 0.0624 e. The number of para-hydroxylation sites is 1. The first-order valence-corrected chi connectivity index (χ1v) is 4.47. The summed E-state index contributed by atoms with van der Waals surface area (Å²) in [5, 5.41) is 1.24. The van der Waals surface area contributed by atoms with E-state index in [9.17, 15) is 0 Å². The molecule has 0 aliphatic carbocycles. The molecule has 0 spiro atoms. The molecule has 0 bridgehead atoms. The van der Waals surface area contributed by atoms with Crippen molar-refractivity contribution in [2.75, 3.05) is 11.4 Å². The third-order valence-electron chi connectivity index (χ3n) is 2.29. The second-order valence-corrected chi connectivity index (χ2v) is 3.08. The number of rotatable bonds is 2. The van der Waals surface area contributed by atoms with Crippen molar-refractivity contribution in [3.05, 3.63) is 37.5 Å². The van der Waals surface area contributed by atoms with Crippen molar-refractivity contribution in [2.45, 2.75) is 6.92 Å². The Kier molecular flexibility index (Phi) is 1.97. The van der Waals surface area contributed by atoms with Gasteiger partial charge in [-0.3, -0.25) is 0 Å². The summed E-state index contributed by atoms with van der Waals surface area (Å²) in [5.74, 6) is 0. The van der Waals surface area contributed by atoms with Gasteiger partial charge >= 0.3 is 0 Å². The topological polar surface area (TPSA) is 19.0 Å². The molecule has 0 unspecified atom stereocenters. The van der Waals surface area contributed by atoms with E-state index in [0.29, 0.717) is 0 Å². The highest BCUT2D eigenvalue weighted by molar-refractivity contribution is 5.92. The highest BCUT2D eigenvalue weighted by Crippen LogP contribution is 2.25. The molecule has 0 saturated carbocycles. The lowest BCUT2D eigenvalue weighted by atomic mass is 10.2. The molecule has 2 nitrogen and oxygen atoms in total. The Hall–Kier alpha value is -1.44. The lowest BCUT2D eigenvalue weighted by Crippen LogP contribution is -2.11. The van der Waals surface area contributed by atoms with Gasteiger partial charge in [0, 0.05) is 30.7 Å². The zero-order valence-corrected chi connectivity index (χ0v) is 7.75. The second-order valence-electron chi connectivity index (χ2n) is 3.08. The Morgan fingerprint density at radius 3 is 2.92 bits per heavy atom. The van der Waals surface area contributed by atoms with Gasteiger partial charge in [-0.2, -0.15) is 0 Å². The summed E-state index contributed by atoms with van der Waals surface area (Å²) in [7, 11) is 3.96. The number of aromatic nitrogens is 1. The molecule has 2 aromatic rings. The number of anilines is 1. The fourth-order valence-corrected chi connectivity index (χ4v) is 1.49. The fourth-order valence-electron chi connectivity index (χ4n) is 1.49. The van der Waals surface area contributed by atoms with Crippen LogP contribution in [0, 0.1) is 7.05 Å². The summed E-state index contributed by atoms with van der Waals surface area (Å²) in [6, 6.07) is 8.25. The maximum absolute atomic E-state index is 3.96. The summed E-state index contributed by atoms with van der Waals surface area (Å²) in [4.78, 5) is 5.21. The fraction of sp³-hybridized carbons (Fsp3) is 0.182. The van der Waals surface area contributed by atoms with E-state index in [1.807, 2.05) is 23.2 Å². The average molecular weight is 173 g/mol. The number of nitrogens with one attached hydrogen (secondary N) is 1. The van der Waals surface area contributed by atoms with Gasteiger partial charge in [-0.15, -0.1) is 0 Å². The first-order valence-electron chi connectivity index (χ1n) is 4.47. The molecule has 0 fully saturated rings. The molecule has 1 aromatic heterocycles. The Labute approximate surface area is 78.2 Å². The standard InChI is InChI=1S/C11H13N2/c1-3-13(2)11-8-12-10-7-5-4-6-9(10)11/h4-8,12H,2-3H2,1H3. The van der Waals surface area contributed by atoms with Gasteiger partial charge in [0.25, 0.3) is 0 Å². The van der Waals surface area contributed by atoms with Crippen LogP contribution < -0.4 is 4.90 Å². The maximum Gasteiger partial charge on any atom is 0.0624 e. The highest BCUT2D eigenvalue weighted by atomic mass is 15.1. The Morgan fingerprint density at radius 1 is 1.38 bits per heavy atom. The molecule has 0 aliphatic rings. The largest absolute Gasteiger partial charge is 0.368 e. The molecular formula is C11H13N2. The molecule has 1 aromatic carbocycles. The van der Waals surface area contributed by atoms with Crippen LogP contribution in [0.5, 0.6) is 0 Å². The van der Waals surface area contributed by atoms with Gasteiger partial charge in [0.05, 0.1) is 5.69 Å². The minimum atomic E-state index is 0.918. The van der Waals surface area contributed by atoms with Crippen molar-refractivity contribution < 1.29 is 0 Å². The number of hydrogen-bond donors (Lipinski definition) is 1. The lowest BCUT2D eigenvalue weighted by molar-refractivity contribution is 1.02. The molecule has 67 valence electrons. The first-order chi connectivity index (χ1) is 6.33. The monoisotopic (exact) mass is 173 g/mol. The SMILES string of the molecule is [CH2]N(CC)c1c[nH]c2ccccc12. The van der Waals surface area contributed by atoms with Gasteiger partial charge < -0.3 is 9.88 Å². The van der Waals surface area contributed by atoms with E-state index < -0.39 is 0 Å². The van der Waals surface area contributed by atoms with Crippen LogP contribution in [0.4, 0.5) is 5.69 Å². The Morgan fingerprint density at radius 2 is 2.15 bits per heavy atom.